The van der Waals surface area contributed by atoms with Crippen LogP contribution < -0.4 is 5.32 Å². The lowest BCUT2D eigenvalue weighted by atomic mass is 9.95. The van der Waals surface area contributed by atoms with Crippen LogP contribution in [-0.2, 0) is 10.0 Å². The minimum atomic E-state index is -3.61. The van der Waals surface area contributed by atoms with Gasteiger partial charge in [-0.15, -0.1) is 0 Å². The zero-order chi connectivity index (χ0) is 14.6. The first-order valence-corrected chi connectivity index (χ1v) is 8.23. The number of aromatic nitrogens is 1. The lowest BCUT2D eigenvalue weighted by Gasteiger charge is -2.31. The third-order valence-electron chi connectivity index (χ3n) is 3.69. The lowest BCUT2D eigenvalue weighted by molar-refractivity contribution is 0.263. The van der Waals surface area contributed by atoms with E-state index in [9.17, 15) is 12.8 Å². The fraction of sp³-hybridized carbons (Fsp3) is 0.615. The third-order valence-corrected chi connectivity index (χ3v) is 5.56. The zero-order valence-corrected chi connectivity index (χ0v) is 12.4. The number of hydrogen-bond donors (Lipinski definition) is 1. The molecule has 0 radical (unpaired) electrons. The van der Waals surface area contributed by atoms with Gasteiger partial charge in [0.25, 0.3) is 0 Å². The van der Waals surface area contributed by atoms with Crippen LogP contribution in [0, 0.1) is 11.7 Å². The smallest absolute Gasteiger partial charge is 0.244 e. The SMILES string of the molecule is CNCCC1CCN(S(=O)(=O)c2cncc(F)c2)CC1. The van der Waals surface area contributed by atoms with Crippen molar-refractivity contribution >= 4 is 10.0 Å². The molecule has 1 fully saturated rings. The maximum Gasteiger partial charge on any atom is 0.244 e. The molecule has 1 aliphatic rings. The Morgan fingerprint density at radius 1 is 1.40 bits per heavy atom. The van der Waals surface area contributed by atoms with Crippen molar-refractivity contribution in [3.8, 4) is 0 Å². The summed E-state index contributed by atoms with van der Waals surface area (Å²) in [5, 5.41) is 3.11. The summed E-state index contributed by atoms with van der Waals surface area (Å²) in [6.07, 6.45) is 4.97. The van der Waals surface area contributed by atoms with Crippen molar-refractivity contribution in [3.05, 3.63) is 24.3 Å². The van der Waals surface area contributed by atoms with Gasteiger partial charge in [-0.25, -0.2) is 12.8 Å². The van der Waals surface area contributed by atoms with Gasteiger partial charge in [-0.1, -0.05) is 0 Å². The average molecular weight is 301 g/mol. The molecule has 0 aliphatic carbocycles. The van der Waals surface area contributed by atoms with Gasteiger partial charge >= 0.3 is 0 Å². The van der Waals surface area contributed by atoms with Crippen molar-refractivity contribution in [1.29, 1.82) is 0 Å². The molecule has 0 bridgehead atoms. The van der Waals surface area contributed by atoms with Gasteiger partial charge in [0.2, 0.25) is 10.0 Å². The molecule has 0 spiro atoms. The maximum atomic E-state index is 13.1. The Balaban J connectivity index is 2.02. The number of pyridine rings is 1. The van der Waals surface area contributed by atoms with Crippen LogP contribution in [0.1, 0.15) is 19.3 Å². The molecule has 5 nitrogen and oxygen atoms in total. The lowest BCUT2D eigenvalue weighted by Crippen LogP contribution is -2.39. The summed E-state index contributed by atoms with van der Waals surface area (Å²) in [6.45, 7) is 1.94. The highest BCUT2D eigenvalue weighted by molar-refractivity contribution is 7.89. The normalized spacial score (nSPS) is 18.3. The molecule has 112 valence electrons. The molecule has 0 amide bonds. The summed E-state index contributed by atoms with van der Waals surface area (Å²) in [4.78, 5) is 3.55. The second-order valence-electron chi connectivity index (χ2n) is 5.08. The van der Waals surface area contributed by atoms with Gasteiger partial charge in [-0.05, 0) is 44.8 Å². The standard InChI is InChI=1S/C13H20FN3O2S/c1-15-5-2-11-3-6-17(7-4-11)20(18,19)13-8-12(14)9-16-10-13/h8-11,15H,2-7H2,1H3. The Bertz CT molecular complexity index is 542. The monoisotopic (exact) mass is 301 g/mol. The Morgan fingerprint density at radius 2 is 2.10 bits per heavy atom. The molecule has 0 aromatic carbocycles. The molecule has 7 heteroatoms. The van der Waals surface area contributed by atoms with Gasteiger partial charge in [0.15, 0.2) is 0 Å². The van der Waals surface area contributed by atoms with Crippen LogP contribution in [-0.4, -0.2) is 44.4 Å². The molecule has 2 rings (SSSR count). The quantitative estimate of drug-likeness (QED) is 0.888. The fourth-order valence-electron chi connectivity index (χ4n) is 2.47. The van der Waals surface area contributed by atoms with Crippen LogP contribution in [0.2, 0.25) is 0 Å². The first kappa shape index (κ1) is 15.3. The molecule has 1 aromatic heterocycles. The predicted octanol–water partition coefficient (Wildman–Crippen LogP) is 1.23. The fourth-order valence-corrected chi connectivity index (χ4v) is 3.91. The Hall–Kier alpha value is -1.05. The van der Waals surface area contributed by atoms with E-state index in [1.54, 1.807) is 0 Å². The predicted molar refractivity (Wildman–Crippen MR) is 74.2 cm³/mol. The molecule has 20 heavy (non-hydrogen) atoms. The molecular formula is C13H20FN3O2S. The number of halogens is 1. The van der Waals surface area contributed by atoms with Crippen molar-refractivity contribution in [1.82, 2.24) is 14.6 Å². The van der Waals surface area contributed by atoms with E-state index < -0.39 is 15.8 Å². The topological polar surface area (TPSA) is 62.3 Å². The van der Waals surface area contributed by atoms with Crippen LogP contribution in [0.25, 0.3) is 0 Å². The number of piperidine rings is 1. The molecule has 0 atom stereocenters. The largest absolute Gasteiger partial charge is 0.320 e. The van der Waals surface area contributed by atoms with Gasteiger partial charge < -0.3 is 5.32 Å². The number of nitrogens with zero attached hydrogens (tertiary/aromatic N) is 2. The van der Waals surface area contributed by atoms with Gasteiger partial charge in [0.1, 0.15) is 10.7 Å². The molecule has 0 saturated carbocycles. The summed E-state index contributed by atoms with van der Waals surface area (Å²) < 4.78 is 39.3. The van der Waals surface area contributed by atoms with E-state index in [2.05, 4.69) is 10.3 Å². The Morgan fingerprint density at radius 3 is 2.70 bits per heavy atom. The van der Waals surface area contributed by atoms with Gasteiger partial charge in [-0.2, -0.15) is 4.31 Å². The van der Waals surface area contributed by atoms with Crippen LogP contribution >= 0.6 is 0 Å². The molecule has 1 aromatic rings. The highest BCUT2D eigenvalue weighted by atomic mass is 32.2. The van der Waals surface area contributed by atoms with Gasteiger partial charge in [-0.3, -0.25) is 4.98 Å². The molecular weight excluding hydrogens is 281 g/mol. The van der Waals surface area contributed by atoms with Gasteiger partial charge in [0, 0.05) is 19.3 Å². The van der Waals surface area contributed by atoms with Crippen LogP contribution in [0.3, 0.4) is 0 Å². The minimum absolute atomic E-state index is 0.0637. The van der Waals surface area contributed by atoms with E-state index in [1.165, 1.54) is 10.5 Å². The van der Waals surface area contributed by atoms with Crippen molar-refractivity contribution in [2.75, 3.05) is 26.7 Å². The van der Waals surface area contributed by atoms with Gasteiger partial charge in [0.05, 0.1) is 6.20 Å². The van der Waals surface area contributed by atoms with E-state index >= 15 is 0 Å². The second kappa shape index (κ2) is 6.60. The summed E-state index contributed by atoms with van der Waals surface area (Å²) in [6, 6.07) is 1.02. The summed E-state index contributed by atoms with van der Waals surface area (Å²) in [7, 11) is -1.70. The first-order valence-electron chi connectivity index (χ1n) is 6.79. The Kier molecular flexibility index (Phi) is 5.06. The van der Waals surface area contributed by atoms with Crippen molar-refractivity contribution in [2.45, 2.75) is 24.2 Å². The van der Waals surface area contributed by atoms with E-state index in [1.807, 2.05) is 7.05 Å². The highest BCUT2D eigenvalue weighted by Crippen LogP contribution is 2.25. The minimum Gasteiger partial charge on any atom is -0.320 e. The number of nitrogens with one attached hydrogen (secondary N) is 1. The summed E-state index contributed by atoms with van der Waals surface area (Å²) >= 11 is 0. The maximum absolute atomic E-state index is 13.1. The number of rotatable bonds is 5. The van der Waals surface area contributed by atoms with E-state index in [-0.39, 0.29) is 4.90 Å². The number of sulfonamides is 1. The third kappa shape index (κ3) is 3.53. The highest BCUT2D eigenvalue weighted by Gasteiger charge is 2.29. The summed E-state index contributed by atoms with van der Waals surface area (Å²) in [5.74, 6) is -0.0745. The molecule has 1 saturated heterocycles. The van der Waals surface area contributed by atoms with Crippen LogP contribution in [0.5, 0.6) is 0 Å². The zero-order valence-electron chi connectivity index (χ0n) is 11.5. The second-order valence-corrected chi connectivity index (χ2v) is 7.02. The number of hydrogen-bond acceptors (Lipinski definition) is 4. The van der Waals surface area contributed by atoms with E-state index in [0.29, 0.717) is 19.0 Å². The molecule has 1 aliphatic heterocycles. The van der Waals surface area contributed by atoms with Crippen molar-refractivity contribution < 1.29 is 12.8 Å². The van der Waals surface area contributed by atoms with E-state index in [0.717, 1.165) is 38.1 Å². The van der Waals surface area contributed by atoms with Crippen molar-refractivity contribution in [3.63, 3.8) is 0 Å². The molecule has 0 unspecified atom stereocenters. The Labute approximate surface area is 119 Å². The van der Waals surface area contributed by atoms with E-state index in [4.69, 9.17) is 0 Å². The van der Waals surface area contributed by atoms with Crippen LogP contribution in [0.15, 0.2) is 23.4 Å². The summed E-state index contributed by atoms with van der Waals surface area (Å²) in [5.41, 5.74) is 0. The van der Waals surface area contributed by atoms with Crippen LogP contribution in [0.4, 0.5) is 4.39 Å². The first-order chi connectivity index (χ1) is 9.54. The molecule has 2 heterocycles. The average Bonchev–Trinajstić information content (AvgIpc) is 2.45. The molecule has 1 N–H and O–H groups in total. The van der Waals surface area contributed by atoms with Crippen molar-refractivity contribution in [2.24, 2.45) is 5.92 Å².